The number of hydrogen-bond donors (Lipinski definition) is 2. The summed E-state index contributed by atoms with van der Waals surface area (Å²) in [6, 6.07) is 10.7. The Labute approximate surface area is 129 Å². The smallest absolute Gasteiger partial charge is 0.160 e. The molecule has 0 aliphatic heterocycles. The highest BCUT2D eigenvalue weighted by atomic mass is 35.5. The molecule has 0 radical (unpaired) electrons. The topological polar surface area (TPSA) is 50.7 Å². The van der Waals surface area contributed by atoms with Crippen LogP contribution in [-0.4, -0.2) is 18.8 Å². The van der Waals surface area contributed by atoms with Gasteiger partial charge in [-0.1, -0.05) is 17.7 Å². The van der Waals surface area contributed by atoms with Crippen molar-refractivity contribution >= 4 is 17.3 Å². The second-order valence-electron chi connectivity index (χ2n) is 4.43. The highest BCUT2D eigenvalue weighted by Crippen LogP contribution is 2.30. The van der Waals surface area contributed by atoms with E-state index in [4.69, 9.17) is 21.1 Å². The quantitative estimate of drug-likeness (QED) is 0.845. The van der Waals surface area contributed by atoms with Crippen LogP contribution >= 0.6 is 11.6 Å². The largest absolute Gasteiger partial charge is 0.504 e. The highest BCUT2D eigenvalue weighted by Gasteiger charge is 2.06. The molecule has 4 nitrogen and oxygen atoms in total. The second kappa shape index (κ2) is 7.09. The predicted molar refractivity (Wildman–Crippen MR) is 84.6 cm³/mol. The van der Waals surface area contributed by atoms with E-state index in [9.17, 15) is 5.11 Å². The van der Waals surface area contributed by atoms with Crippen LogP contribution in [0.4, 0.5) is 5.69 Å². The van der Waals surface area contributed by atoms with Gasteiger partial charge in [0, 0.05) is 11.6 Å². The minimum atomic E-state index is 0.124. The molecule has 2 aromatic rings. The highest BCUT2D eigenvalue weighted by molar-refractivity contribution is 6.30. The van der Waals surface area contributed by atoms with Crippen LogP contribution in [-0.2, 0) is 6.54 Å². The Hall–Kier alpha value is -2.07. The maximum atomic E-state index is 9.59. The number of methoxy groups -OCH3 is 1. The van der Waals surface area contributed by atoms with Gasteiger partial charge >= 0.3 is 0 Å². The molecule has 0 unspecified atom stereocenters. The van der Waals surface area contributed by atoms with Crippen molar-refractivity contribution in [3.63, 3.8) is 0 Å². The van der Waals surface area contributed by atoms with Crippen molar-refractivity contribution in [1.82, 2.24) is 0 Å². The number of rotatable bonds is 6. The maximum absolute atomic E-state index is 9.59. The van der Waals surface area contributed by atoms with Crippen LogP contribution in [0, 0.1) is 0 Å². The van der Waals surface area contributed by atoms with Crippen LogP contribution in [0.3, 0.4) is 0 Å². The molecule has 21 heavy (non-hydrogen) atoms. The van der Waals surface area contributed by atoms with Gasteiger partial charge in [0.05, 0.1) is 19.4 Å². The average Bonchev–Trinajstić information content (AvgIpc) is 2.49. The minimum absolute atomic E-state index is 0.124. The molecule has 112 valence electrons. The number of phenolic OH excluding ortho intramolecular Hbond substituents is 1. The van der Waals surface area contributed by atoms with E-state index in [0.717, 1.165) is 17.0 Å². The first kappa shape index (κ1) is 15.3. The van der Waals surface area contributed by atoms with E-state index in [1.54, 1.807) is 18.2 Å². The van der Waals surface area contributed by atoms with E-state index >= 15 is 0 Å². The average molecular weight is 308 g/mol. The first-order valence-corrected chi connectivity index (χ1v) is 7.04. The minimum Gasteiger partial charge on any atom is -0.504 e. The van der Waals surface area contributed by atoms with Crippen LogP contribution < -0.4 is 14.8 Å². The van der Waals surface area contributed by atoms with Gasteiger partial charge in [0.2, 0.25) is 0 Å². The van der Waals surface area contributed by atoms with Crippen molar-refractivity contribution in [2.75, 3.05) is 19.0 Å². The van der Waals surface area contributed by atoms with E-state index in [-0.39, 0.29) is 5.75 Å². The van der Waals surface area contributed by atoms with Crippen molar-refractivity contribution in [1.29, 1.82) is 0 Å². The van der Waals surface area contributed by atoms with Gasteiger partial charge in [0.25, 0.3) is 0 Å². The lowest BCUT2D eigenvalue weighted by molar-refractivity contribution is 0.341. The molecule has 2 N–H and O–H groups in total. The fourth-order valence-corrected chi connectivity index (χ4v) is 2.12. The first-order valence-electron chi connectivity index (χ1n) is 6.66. The van der Waals surface area contributed by atoms with Gasteiger partial charge in [-0.05, 0) is 42.8 Å². The van der Waals surface area contributed by atoms with Crippen molar-refractivity contribution in [2.24, 2.45) is 0 Å². The standard InChI is InChI=1S/C16H18ClNO3/c1-3-21-15-7-5-12(17)9-13(15)18-10-11-4-6-14(19)16(8-11)20-2/h4-9,18-19H,3,10H2,1-2H3. The summed E-state index contributed by atoms with van der Waals surface area (Å²) < 4.78 is 10.7. The third-order valence-electron chi connectivity index (χ3n) is 2.97. The summed E-state index contributed by atoms with van der Waals surface area (Å²) in [7, 11) is 1.52. The van der Waals surface area contributed by atoms with Gasteiger partial charge in [0.1, 0.15) is 5.75 Å². The van der Waals surface area contributed by atoms with Gasteiger partial charge in [-0.2, -0.15) is 0 Å². The molecular formula is C16H18ClNO3. The normalized spacial score (nSPS) is 10.2. The molecule has 0 aliphatic carbocycles. The van der Waals surface area contributed by atoms with Crippen LogP contribution in [0.25, 0.3) is 0 Å². The van der Waals surface area contributed by atoms with E-state index in [1.807, 2.05) is 25.1 Å². The summed E-state index contributed by atoms with van der Waals surface area (Å²) in [5, 5.41) is 13.5. The van der Waals surface area contributed by atoms with E-state index in [1.165, 1.54) is 7.11 Å². The zero-order valence-corrected chi connectivity index (χ0v) is 12.8. The molecule has 0 spiro atoms. The van der Waals surface area contributed by atoms with E-state index in [0.29, 0.717) is 23.9 Å². The molecule has 0 amide bonds. The summed E-state index contributed by atoms with van der Waals surface area (Å²) in [5.74, 6) is 1.33. The maximum Gasteiger partial charge on any atom is 0.160 e. The lowest BCUT2D eigenvalue weighted by Crippen LogP contribution is -2.03. The molecule has 0 aliphatic rings. The van der Waals surface area contributed by atoms with E-state index < -0.39 is 0 Å². The Balaban J connectivity index is 2.14. The molecule has 0 saturated heterocycles. The zero-order chi connectivity index (χ0) is 15.2. The van der Waals surface area contributed by atoms with Gasteiger partial charge in [-0.15, -0.1) is 0 Å². The molecule has 0 aromatic heterocycles. The van der Waals surface area contributed by atoms with Gasteiger partial charge in [-0.3, -0.25) is 0 Å². The molecule has 0 bridgehead atoms. The third kappa shape index (κ3) is 3.95. The summed E-state index contributed by atoms with van der Waals surface area (Å²) in [6.45, 7) is 3.09. The molecular weight excluding hydrogens is 290 g/mol. The molecule has 0 fully saturated rings. The first-order chi connectivity index (χ1) is 10.1. The zero-order valence-electron chi connectivity index (χ0n) is 12.0. The van der Waals surface area contributed by atoms with Crippen molar-refractivity contribution in [3.05, 3.63) is 47.0 Å². The summed E-state index contributed by atoms with van der Waals surface area (Å²) in [4.78, 5) is 0. The number of halogens is 1. The van der Waals surface area contributed by atoms with Crippen LogP contribution in [0.5, 0.6) is 17.2 Å². The van der Waals surface area contributed by atoms with Crippen molar-refractivity contribution < 1.29 is 14.6 Å². The van der Waals surface area contributed by atoms with Gasteiger partial charge < -0.3 is 19.9 Å². The molecule has 5 heteroatoms. The van der Waals surface area contributed by atoms with Crippen molar-refractivity contribution in [2.45, 2.75) is 13.5 Å². The Morgan fingerprint density at radius 2 is 1.95 bits per heavy atom. The van der Waals surface area contributed by atoms with Gasteiger partial charge in [-0.25, -0.2) is 0 Å². The Morgan fingerprint density at radius 3 is 2.67 bits per heavy atom. The third-order valence-corrected chi connectivity index (χ3v) is 3.20. The molecule has 0 heterocycles. The molecule has 0 saturated carbocycles. The van der Waals surface area contributed by atoms with E-state index in [2.05, 4.69) is 5.32 Å². The number of anilines is 1. The fraction of sp³-hybridized carbons (Fsp3) is 0.250. The number of nitrogens with one attached hydrogen (secondary N) is 1. The van der Waals surface area contributed by atoms with Crippen molar-refractivity contribution in [3.8, 4) is 17.2 Å². The van der Waals surface area contributed by atoms with Gasteiger partial charge in [0.15, 0.2) is 11.5 Å². The monoisotopic (exact) mass is 307 g/mol. The summed E-state index contributed by atoms with van der Waals surface area (Å²) in [5.41, 5.74) is 1.81. The second-order valence-corrected chi connectivity index (χ2v) is 4.87. The lowest BCUT2D eigenvalue weighted by atomic mass is 10.2. The van der Waals surface area contributed by atoms with Crippen LogP contribution in [0.2, 0.25) is 5.02 Å². The van der Waals surface area contributed by atoms with Crippen LogP contribution in [0.1, 0.15) is 12.5 Å². The fourth-order valence-electron chi connectivity index (χ4n) is 1.95. The number of benzene rings is 2. The number of phenols is 1. The molecule has 0 atom stereocenters. The summed E-state index contributed by atoms with van der Waals surface area (Å²) in [6.07, 6.45) is 0. The number of ether oxygens (including phenoxy) is 2. The summed E-state index contributed by atoms with van der Waals surface area (Å²) >= 11 is 6.02. The Morgan fingerprint density at radius 1 is 1.14 bits per heavy atom. The molecule has 2 rings (SSSR count). The predicted octanol–water partition coefficient (Wildman–Crippen LogP) is 4.07. The molecule has 2 aromatic carbocycles. The number of aromatic hydroxyl groups is 1. The number of hydrogen-bond acceptors (Lipinski definition) is 4. The Bertz CT molecular complexity index is 616. The Kier molecular flexibility index (Phi) is 5.17. The SMILES string of the molecule is CCOc1ccc(Cl)cc1NCc1ccc(O)c(OC)c1. The lowest BCUT2D eigenvalue weighted by Gasteiger charge is -2.13. The van der Waals surface area contributed by atoms with Crippen LogP contribution in [0.15, 0.2) is 36.4 Å².